The Morgan fingerprint density at radius 3 is 2.28 bits per heavy atom. The van der Waals surface area contributed by atoms with Crippen molar-refractivity contribution in [2.45, 2.75) is 77.0 Å². The van der Waals surface area contributed by atoms with Gasteiger partial charge >= 0.3 is 18.3 Å². The van der Waals surface area contributed by atoms with Crippen molar-refractivity contribution >= 4 is 17.3 Å². The Hall–Kier alpha value is -3.18. The van der Waals surface area contributed by atoms with Gasteiger partial charge in [0.15, 0.2) is 5.01 Å². The van der Waals surface area contributed by atoms with E-state index in [0.29, 0.717) is 12.1 Å². The Balaban J connectivity index is 1.79. The molecule has 1 fully saturated rings. The van der Waals surface area contributed by atoms with Crippen LogP contribution in [0.15, 0.2) is 22.6 Å². The monoisotopic (exact) mass is 642 g/mol. The number of benzene rings is 1. The smallest absolute Gasteiger partial charge is 0.430 e. The van der Waals surface area contributed by atoms with Crippen molar-refractivity contribution in [2.24, 2.45) is 5.41 Å². The maximum absolute atomic E-state index is 14.1. The molecule has 1 aliphatic rings. The third-order valence-corrected chi connectivity index (χ3v) is 8.35. The molecule has 0 saturated carbocycles. The van der Waals surface area contributed by atoms with Crippen molar-refractivity contribution in [3.05, 3.63) is 40.9 Å². The maximum atomic E-state index is 14.1. The minimum atomic E-state index is -6.08. The standard InChI is InChI=1S/C26H26F8N4O4S/c1-12-7-14(24(41,25(29,30)31)26(32,33)34)5-6-15(12)18-16(10-38-11-23(27,28)8-13(38)2)35-20(43-18)19-37-36-17(42-19)9-22(3,4)21(39)40/h5-7,13,41H,8-11H2,1-4H3,(H,39,40). The highest BCUT2D eigenvalue weighted by Gasteiger charge is 2.71. The Morgan fingerprint density at radius 1 is 1.14 bits per heavy atom. The van der Waals surface area contributed by atoms with Gasteiger partial charge in [-0.3, -0.25) is 9.69 Å². The van der Waals surface area contributed by atoms with E-state index < -0.39 is 59.8 Å². The van der Waals surface area contributed by atoms with Crippen LogP contribution in [0.4, 0.5) is 35.1 Å². The van der Waals surface area contributed by atoms with Crippen LogP contribution in [-0.2, 0) is 23.4 Å². The number of aryl methyl sites for hydroxylation is 1. The first-order valence-corrected chi connectivity index (χ1v) is 13.5. The molecule has 1 aromatic carbocycles. The van der Waals surface area contributed by atoms with Gasteiger partial charge in [0.25, 0.3) is 17.4 Å². The van der Waals surface area contributed by atoms with E-state index in [9.17, 15) is 50.1 Å². The highest BCUT2D eigenvalue weighted by Crippen LogP contribution is 2.51. The van der Waals surface area contributed by atoms with E-state index in [-0.39, 0.29) is 51.5 Å². The SMILES string of the molecule is Cc1cc(C(O)(C(F)(F)F)C(F)(F)F)ccc1-c1sc(-c2nnc(CC(C)(C)C(=O)O)o2)nc1CN1CC(F)(F)CC1C. The van der Waals surface area contributed by atoms with E-state index in [0.717, 1.165) is 17.4 Å². The number of likely N-dealkylation sites (tertiary alicyclic amines) is 1. The molecule has 236 valence electrons. The number of alkyl halides is 8. The lowest BCUT2D eigenvalue weighted by Gasteiger charge is -2.33. The Bertz CT molecular complexity index is 1500. The third kappa shape index (κ3) is 6.24. The molecule has 1 aliphatic heterocycles. The molecule has 3 aromatic rings. The van der Waals surface area contributed by atoms with Crippen molar-refractivity contribution in [2.75, 3.05) is 6.54 Å². The summed E-state index contributed by atoms with van der Waals surface area (Å²) in [4.78, 5) is 17.6. The number of rotatable bonds is 8. The summed E-state index contributed by atoms with van der Waals surface area (Å²) in [6.45, 7) is 4.95. The van der Waals surface area contributed by atoms with Crippen molar-refractivity contribution in [3.63, 3.8) is 0 Å². The van der Waals surface area contributed by atoms with E-state index >= 15 is 0 Å². The number of thiazole rings is 1. The molecule has 8 nitrogen and oxygen atoms in total. The summed E-state index contributed by atoms with van der Waals surface area (Å²) in [5.41, 5.74) is -7.61. The zero-order valence-corrected chi connectivity index (χ0v) is 23.9. The van der Waals surface area contributed by atoms with E-state index in [1.807, 2.05) is 0 Å². The molecule has 0 aliphatic carbocycles. The minimum Gasteiger partial charge on any atom is -0.481 e. The highest BCUT2D eigenvalue weighted by molar-refractivity contribution is 7.18. The number of aromatic nitrogens is 3. The second-order valence-corrected chi connectivity index (χ2v) is 12.2. The number of carbonyl (C=O) groups is 1. The molecule has 17 heteroatoms. The lowest BCUT2D eigenvalue weighted by Crippen LogP contribution is -2.53. The van der Waals surface area contributed by atoms with Gasteiger partial charge in [0.2, 0.25) is 5.89 Å². The van der Waals surface area contributed by atoms with Gasteiger partial charge in [-0.25, -0.2) is 13.8 Å². The molecule has 1 atom stereocenters. The van der Waals surface area contributed by atoms with Gasteiger partial charge in [0.05, 0.1) is 22.5 Å². The molecule has 4 rings (SSSR count). The van der Waals surface area contributed by atoms with Crippen LogP contribution in [0.2, 0.25) is 0 Å². The van der Waals surface area contributed by atoms with Crippen molar-refractivity contribution in [3.8, 4) is 21.3 Å². The average Bonchev–Trinajstić information content (AvgIpc) is 3.54. The quantitative estimate of drug-likeness (QED) is 0.273. The van der Waals surface area contributed by atoms with Crippen LogP contribution < -0.4 is 0 Å². The van der Waals surface area contributed by atoms with Gasteiger partial charge in [-0.15, -0.1) is 21.5 Å². The fourth-order valence-electron chi connectivity index (χ4n) is 4.74. The zero-order valence-electron chi connectivity index (χ0n) is 23.1. The fourth-order valence-corrected chi connectivity index (χ4v) is 5.83. The van der Waals surface area contributed by atoms with Crippen LogP contribution in [0, 0.1) is 12.3 Å². The maximum Gasteiger partial charge on any atom is 0.430 e. The normalized spacial score (nSPS) is 18.4. The number of hydrogen-bond acceptors (Lipinski definition) is 8. The Kier molecular flexibility index (Phi) is 8.19. The van der Waals surface area contributed by atoms with Crippen molar-refractivity contribution in [1.82, 2.24) is 20.1 Å². The van der Waals surface area contributed by atoms with E-state index in [4.69, 9.17) is 4.42 Å². The number of aliphatic hydroxyl groups is 1. The third-order valence-electron chi connectivity index (χ3n) is 7.23. The first-order valence-electron chi connectivity index (χ1n) is 12.7. The van der Waals surface area contributed by atoms with Crippen LogP contribution in [0.25, 0.3) is 21.3 Å². The van der Waals surface area contributed by atoms with Crippen molar-refractivity contribution in [1.29, 1.82) is 0 Å². The summed E-state index contributed by atoms with van der Waals surface area (Å²) >= 11 is 0.882. The largest absolute Gasteiger partial charge is 0.481 e. The second kappa shape index (κ2) is 10.8. The van der Waals surface area contributed by atoms with Gasteiger partial charge in [0, 0.05) is 31.0 Å². The molecule has 1 unspecified atom stereocenters. The summed E-state index contributed by atoms with van der Waals surface area (Å²) in [5, 5.41) is 27.0. The molecule has 43 heavy (non-hydrogen) atoms. The van der Waals surface area contributed by atoms with Gasteiger partial charge in [0.1, 0.15) is 0 Å². The van der Waals surface area contributed by atoms with Gasteiger partial charge in [-0.2, -0.15) is 26.3 Å². The molecule has 3 heterocycles. The molecule has 0 radical (unpaired) electrons. The molecule has 2 aromatic heterocycles. The lowest BCUT2D eigenvalue weighted by atomic mass is 9.89. The molecule has 1 saturated heterocycles. The predicted molar refractivity (Wildman–Crippen MR) is 136 cm³/mol. The van der Waals surface area contributed by atoms with Gasteiger partial charge < -0.3 is 14.6 Å². The average molecular weight is 643 g/mol. The number of aliphatic carboxylic acids is 1. The van der Waals surface area contributed by atoms with Crippen LogP contribution in [-0.4, -0.2) is 67.1 Å². The predicted octanol–water partition coefficient (Wildman–Crippen LogP) is 6.36. The van der Waals surface area contributed by atoms with Crippen LogP contribution >= 0.6 is 11.3 Å². The number of nitrogens with zero attached hydrogens (tertiary/aromatic N) is 4. The van der Waals surface area contributed by atoms with E-state index in [1.54, 1.807) is 6.92 Å². The molecule has 0 spiro atoms. The molecule has 0 amide bonds. The number of carboxylic acid groups (broad SMARTS) is 1. The topological polar surface area (TPSA) is 113 Å². The van der Waals surface area contributed by atoms with E-state index in [1.165, 1.54) is 25.7 Å². The fraction of sp³-hybridized carbons (Fsp3) is 0.538. The summed E-state index contributed by atoms with van der Waals surface area (Å²) in [6, 6.07) is 1.45. The zero-order chi connectivity index (χ0) is 32.3. The number of hydrogen-bond donors (Lipinski definition) is 2. The number of carboxylic acids is 1. The summed E-state index contributed by atoms with van der Waals surface area (Å²) in [5.74, 6) is -4.28. The lowest BCUT2D eigenvalue weighted by molar-refractivity contribution is -0.376. The van der Waals surface area contributed by atoms with Gasteiger partial charge in [-0.1, -0.05) is 18.2 Å². The van der Waals surface area contributed by atoms with Gasteiger partial charge in [-0.05, 0) is 38.8 Å². The Morgan fingerprint density at radius 2 is 1.77 bits per heavy atom. The Labute approximate surface area is 243 Å². The second-order valence-electron chi connectivity index (χ2n) is 11.2. The summed E-state index contributed by atoms with van der Waals surface area (Å²) in [7, 11) is 0. The highest BCUT2D eigenvalue weighted by atomic mass is 32.1. The van der Waals surface area contributed by atoms with Crippen LogP contribution in [0.3, 0.4) is 0 Å². The molecule has 2 N–H and O–H groups in total. The molecule has 0 bridgehead atoms. The molecular weight excluding hydrogens is 616 g/mol. The van der Waals surface area contributed by atoms with Crippen LogP contribution in [0.5, 0.6) is 0 Å². The minimum absolute atomic E-state index is 0.0346. The summed E-state index contributed by atoms with van der Waals surface area (Å²) < 4.78 is 115. The first kappa shape index (κ1) is 32.7. The summed E-state index contributed by atoms with van der Waals surface area (Å²) in [6.07, 6.45) is -12.7. The van der Waals surface area contributed by atoms with Crippen molar-refractivity contribution < 1.29 is 54.5 Å². The first-order chi connectivity index (χ1) is 19.6. The van der Waals surface area contributed by atoms with E-state index in [2.05, 4.69) is 15.2 Å². The van der Waals surface area contributed by atoms with Crippen LogP contribution in [0.1, 0.15) is 49.9 Å². The molecular formula is C26H26F8N4O4S. The number of halogens is 8.